The van der Waals surface area contributed by atoms with E-state index >= 15 is 0 Å². The SMILES string of the molecule is Cc1cncc(CS(=O)C(C)CN)c1. The summed E-state index contributed by atoms with van der Waals surface area (Å²) in [5, 5.41) is 0.0514. The van der Waals surface area contributed by atoms with Gasteiger partial charge in [-0.05, 0) is 25.0 Å². The summed E-state index contributed by atoms with van der Waals surface area (Å²) in [4.78, 5) is 4.06. The maximum atomic E-state index is 11.7. The fraction of sp³-hybridized carbons (Fsp3) is 0.500. The maximum Gasteiger partial charge on any atom is 0.0504 e. The van der Waals surface area contributed by atoms with Crippen LogP contribution in [0.4, 0.5) is 0 Å². The minimum Gasteiger partial charge on any atom is -0.329 e. The van der Waals surface area contributed by atoms with E-state index < -0.39 is 10.8 Å². The molecular weight excluding hydrogens is 196 g/mol. The van der Waals surface area contributed by atoms with Gasteiger partial charge in [0.25, 0.3) is 0 Å². The summed E-state index contributed by atoms with van der Waals surface area (Å²) in [7, 11) is -0.889. The highest BCUT2D eigenvalue weighted by Gasteiger charge is 2.09. The van der Waals surface area contributed by atoms with Crippen LogP contribution in [0, 0.1) is 6.92 Å². The monoisotopic (exact) mass is 212 g/mol. The number of aryl methyl sites for hydroxylation is 1. The number of rotatable bonds is 4. The summed E-state index contributed by atoms with van der Waals surface area (Å²) < 4.78 is 11.7. The van der Waals surface area contributed by atoms with E-state index in [1.54, 1.807) is 12.4 Å². The molecule has 0 bridgehead atoms. The largest absolute Gasteiger partial charge is 0.329 e. The molecule has 14 heavy (non-hydrogen) atoms. The van der Waals surface area contributed by atoms with Crippen LogP contribution in [0.3, 0.4) is 0 Å². The van der Waals surface area contributed by atoms with Crippen LogP contribution in [0.5, 0.6) is 0 Å². The molecule has 1 rings (SSSR count). The summed E-state index contributed by atoms with van der Waals surface area (Å²) in [6.07, 6.45) is 3.55. The zero-order valence-electron chi connectivity index (χ0n) is 8.56. The Morgan fingerprint density at radius 1 is 1.57 bits per heavy atom. The van der Waals surface area contributed by atoms with E-state index in [-0.39, 0.29) is 5.25 Å². The maximum absolute atomic E-state index is 11.7. The Morgan fingerprint density at radius 3 is 2.86 bits per heavy atom. The smallest absolute Gasteiger partial charge is 0.0504 e. The predicted octanol–water partition coefficient (Wildman–Crippen LogP) is 0.986. The summed E-state index contributed by atoms with van der Waals surface area (Å²) in [6.45, 7) is 4.34. The van der Waals surface area contributed by atoms with Crippen molar-refractivity contribution in [1.29, 1.82) is 0 Å². The quantitative estimate of drug-likeness (QED) is 0.809. The highest BCUT2D eigenvalue weighted by Crippen LogP contribution is 2.07. The van der Waals surface area contributed by atoms with Crippen molar-refractivity contribution >= 4 is 10.8 Å². The Hall–Kier alpha value is -0.740. The van der Waals surface area contributed by atoms with Crippen molar-refractivity contribution in [3.63, 3.8) is 0 Å². The van der Waals surface area contributed by atoms with Crippen molar-refractivity contribution in [2.45, 2.75) is 24.9 Å². The van der Waals surface area contributed by atoms with Gasteiger partial charge in [-0.25, -0.2) is 0 Å². The van der Waals surface area contributed by atoms with Crippen LogP contribution in [-0.4, -0.2) is 21.0 Å². The molecule has 0 radical (unpaired) electrons. The van der Waals surface area contributed by atoms with Gasteiger partial charge in [-0.3, -0.25) is 9.19 Å². The number of hydrogen-bond acceptors (Lipinski definition) is 3. The molecule has 0 aliphatic carbocycles. The van der Waals surface area contributed by atoms with Crippen LogP contribution < -0.4 is 5.73 Å². The third-order valence-corrected chi connectivity index (χ3v) is 3.73. The fourth-order valence-electron chi connectivity index (χ4n) is 1.11. The van der Waals surface area contributed by atoms with Crippen molar-refractivity contribution in [3.8, 4) is 0 Å². The Kier molecular flexibility index (Phi) is 4.22. The molecule has 2 N–H and O–H groups in total. The van der Waals surface area contributed by atoms with Crippen LogP contribution >= 0.6 is 0 Å². The van der Waals surface area contributed by atoms with E-state index in [2.05, 4.69) is 4.98 Å². The van der Waals surface area contributed by atoms with Crippen molar-refractivity contribution < 1.29 is 4.21 Å². The molecule has 0 saturated heterocycles. The van der Waals surface area contributed by atoms with Crippen molar-refractivity contribution in [2.75, 3.05) is 6.54 Å². The molecule has 2 atom stereocenters. The summed E-state index contributed by atoms with van der Waals surface area (Å²) in [6, 6.07) is 2.01. The molecule has 0 saturated carbocycles. The van der Waals surface area contributed by atoms with Gasteiger partial charge in [0.1, 0.15) is 0 Å². The zero-order chi connectivity index (χ0) is 10.6. The van der Waals surface area contributed by atoms with Crippen LogP contribution in [0.1, 0.15) is 18.1 Å². The molecule has 1 aromatic heterocycles. The molecular formula is C10H16N2OS. The van der Waals surface area contributed by atoms with Crippen molar-refractivity contribution in [1.82, 2.24) is 4.98 Å². The van der Waals surface area contributed by atoms with E-state index in [9.17, 15) is 4.21 Å². The lowest BCUT2D eigenvalue weighted by Crippen LogP contribution is -2.22. The molecule has 0 fully saturated rings. The molecule has 1 aromatic rings. The van der Waals surface area contributed by atoms with Crippen LogP contribution in [0.15, 0.2) is 18.5 Å². The van der Waals surface area contributed by atoms with Gasteiger partial charge < -0.3 is 5.73 Å². The predicted molar refractivity (Wildman–Crippen MR) is 59.3 cm³/mol. The molecule has 0 aliphatic rings. The van der Waals surface area contributed by atoms with Gasteiger partial charge >= 0.3 is 0 Å². The van der Waals surface area contributed by atoms with Gasteiger partial charge in [0.15, 0.2) is 0 Å². The molecule has 0 aromatic carbocycles. The fourth-order valence-corrected chi connectivity index (χ4v) is 2.10. The number of nitrogens with zero attached hydrogens (tertiary/aromatic N) is 1. The van der Waals surface area contributed by atoms with E-state index in [4.69, 9.17) is 5.73 Å². The molecule has 1 heterocycles. The Balaban J connectivity index is 2.65. The van der Waals surface area contributed by atoms with Crippen LogP contribution in [-0.2, 0) is 16.6 Å². The van der Waals surface area contributed by atoms with E-state index in [0.717, 1.165) is 11.1 Å². The first-order valence-corrected chi connectivity index (χ1v) is 5.99. The second-order valence-corrected chi connectivity index (χ2v) is 5.30. The number of nitrogens with two attached hydrogens (primary N) is 1. The summed E-state index contributed by atoms with van der Waals surface area (Å²) in [5.41, 5.74) is 7.56. The highest BCUT2D eigenvalue weighted by molar-refractivity contribution is 7.84. The topological polar surface area (TPSA) is 56.0 Å². The highest BCUT2D eigenvalue weighted by atomic mass is 32.2. The third-order valence-electron chi connectivity index (χ3n) is 2.02. The number of aromatic nitrogens is 1. The average Bonchev–Trinajstić information content (AvgIpc) is 2.16. The molecule has 0 spiro atoms. The van der Waals surface area contributed by atoms with E-state index in [1.807, 2.05) is 19.9 Å². The zero-order valence-corrected chi connectivity index (χ0v) is 9.38. The second kappa shape index (κ2) is 5.22. The van der Waals surface area contributed by atoms with Gasteiger partial charge in [-0.2, -0.15) is 0 Å². The first-order valence-electron chi connectivity index (χ1n) is 4.61. The average molecular weight is 212 g/mol. The first-order chi connectivity index (χ1) is 6.63. The molecule has 0 aliphatic heterocycles. The second-order valence-electron chi connectivity index (χ2n) is 3.44. The third kappa shape index (κ3) is 3.20. The van der Waals surface area contributed by atoms with Gasteiger partial charge in [0.2, 0.25) is 0 Å². The van der Waals surface area contributed by atoms with Crippen LogP contribution in [0.2, 0.25) is 0 Å². The first kappa shape index (κ1) is 11.3. The van der Waals surface area contributed by atoms with Gasteiger partial charge in [-0.1, -0.05) is 6.07 Å². The summed E-state index contributed by atoms with van der Waals surface area (Å²) >= 11 is 0. The van der Waals surface area contributed by atoms with Crippen molar-refractivity contribution in [2.24, 2.45) is 5.73 Å². The Labute approximate surface area is 87.2 Å². The molecule has 2 unspecified atom stereocenters. The standard InChI is InChI=1S/C10H16N2OS/c1-8-3-10(6-12-5-8)7-14(13)9(2)4-11/h3,5-6,9H,4,7,11H2,1-2H3. The van der Waals surface area contributed by atoms with Gasteiger partial charge in [0, 0.05) is 35.0 Å². The lowest BCUT2D eigenvalue weighted by Gasteiger charge is -2.08. The number of hydrogen-bond donors (Lipinski definition) is 1. The van der Waals surface area contributed by atoms with Gasteiger partial charge in [0.05, 0.1) is 5.75 Å². The summed E-state index contributed by atoms with van der Waals surface area (Å²) in [5.74, 6) is 0.549. The van der Waals surface area contributed by atoms with Crippen molar-refractivity contribution in [3.05, 3.63) is 29.6 Å². The van der Waals surface area contributed by atoms with E-state index in [0.29, 0.717) is 12.3 Å². The normalized spacial score (nSPS) is 15.1. The minimum absolute atomic E-state index is 0.0514. The van der Waals surface area contributed by atoms with E-state index in [1.165, 1.54) is 0 Å². The van der Waals surface area contributed by atoms with Gasteiger partial charge in [-0.15, -0.1) is 0 Å². The molecule has 0 amide bonds. The lowest BCUT2D eigenvalue weighted by molar-refractivity contribution is 0.672. The Morgan fingerprint density at radius 2 is 2.29 bits per heavy atom. The minimum atomic E-state index is -0.889. The lowest BCUT2D eigenvalue weighted by atomic mass is 10.2. The number of pyridine rings is 1. The molecule has 4 heteroatoms. The Bertz CT molecular complexity index is 328. The molecule has 3 nitrogen and oxygen atoms in total. The van der Waals surface area contributed by atoms with Crippen LogP contribution in [0.25, 0.3) is 0 Å². The molecule has 78 valence electrons.